The summed E-state index contributed by atoms with van der Waals surface area (Å²) in [5.74, 6) is 2.76. The van der Waals surface area contributed by atoms with Crippen LogP contribution in [0.5, 0.6) is 17.2 Å². The molecule has 0 N–H and O–H groups in total. The number of furan rings is 1. The predicted molar refractivity (Wildman–Crippen MR) is 105 cm³/mol. The number of carbonyl (C=O) groups excluding carboxylic acids is 1. The van der Waals surface area contributed by atoms with Gasteiger partial charge in [0.15, 0.2) is 17.3 Å². The smallest absolute Gasteiger partial charge is 0.223 e. The summed E-state index contributed by atoms with van der Waals surface area (Å²) < 4.78 is 27.0. The Balaban J connectivity index is 1.85. The zero-order valence-corrected chi connectivity index (χ0v) is 16.9. The number of nitrogens with zero attached hydrogens (tertiary/aromatic N) is 2. The van der Waals surface area contributed by atoms with E-state index in [1.165, 1.54) is 0 Å². The third-order valence-corrected chi connectivity index (χ3v) is 4.44. The molecule has 2 heterocycles. The molecule has 0 bridgehead atoms. The molecule has 0 unspecified atom stereocenters. The summed E-state index contributed by atoms with van der Waals surface area (Å²) in [6.07, 6.45) is 1.97. The molecule has 8 nitrogen and oxygen atoms in total. The van der Waals surface area contributed by atoms with E-state index < -0.39 is 0 Å². The number of ether oxygens (including phenoxy) is 3. The summed E-state index contributed by atoms with van der Waals surface area (Å²) in [6, 6.07) is 8.98. The van der Waals surface area contributed by atoms with Crippen LogP contribution in [-0.2, 0) is 17.9 Å². The van der Waals surface area contributed by atoms with Crippen molar-refractivity contribution < 1.29 is 27.9 Å². The van der Waals surface area contributed by atoms with E-state index in [0.717, 1.165) is 5.56 Å². The first kappa shape index (κ1) is 20.3. The Morgan fingerprint density at radius 2 is 1.79 bits per heavy atom. The summed E-state index contributed by atoms with van der Waals surface area (Å²) in [6.45, 7) is 2.49. The Morgan fingerprint density at radius 3 is 2.34 bits per heavy atom. The topological polar surface area (TPSA) is 87.2 Å². The molecule has 0 saturated carbocycles. The molecule has 0 fully saturated rings. The Kier molecular flexibility index (Phi) is 6.43. The first-order valence-corrected chi connectivity index (χ1v) is 9.15. The lowest BCUT2D eigenvalue weighted by molar-refractivity contribution is -0.132. The number of benzene rings is 1. The van der Waals surface area contributed by atoms with Crippen molar-refractivity contribution in [2.45, 2.75) is 26.4 Å². The van der Waals surface area contributed by atoms with Crippen LogP contribution in [0, 0.1) is 0 Å². The zero-order valence-electron chi connectivity index (χ0n) is 16.9. The summed E-state index contributed by atoms with van der Waals surface area (Å²) in [7, 11) is 4.65. The highest BCUT2D eigenvalue weighted by atomic mass is 16.5. The van der Waals surface area contributed by atoms with Crippen molar-refractivity contribution in [1.82, 2.24) is 10.1 Å². The lowest BCUT2D eigenvalue weighted by atomic mass is 10.1. The normalized spacial score (nSPS) is 10.6. The molecular weight excluding hydrogens is 376 g/mol. The molecule has 8 heteroatoms. The van der Waals surface area contributed by atoms with E-state index in [2.05, 4.69) is 5.16 Å². The molecule has 0 aliphatic heterocycles. The molecule has 3 rings (SSSR count). The lowest BCUT2D eigenvalue weighted by Crippen LogP contribution is -2.29. The maximum Gasteiger partial charge on any atom is 0.223 e. The van der Waals surface area contributed by atoms with E-state index in [4.69, 9.17) is 23.2 Å². The highest BCUT2D eigenvalue weighted by molar-refractivity contribution is 5.75. The van der Waals surface area contributed by atoms with Crippen LogP contribution in [0.15, 0.2) is 45.5 Å². The summed E-state index contributed by atoms with van der Waals surface area (Å²) in [5, 5.41) is 4.12. The van der Waals surface area contributed by atoms with Crippen molar-refractivity contribution in [3.8, 4) is 28.6 Å². The molecule has 0 spiro atoms. The Labute approximate surface area is 168 Å². The first-order valence-electron chi connectivity index (χ1n) is 9.15. The quantitative estimate of drug-likeness (QED) is 0.538. The van der Waals surface area contributed by atoms with Crippen molar-refractivity contribution >= 4 is 5.91 Å². The van der Waals surface area contributed by atoms with Gasteiger partial charge < -0.3 is 28.1 Å². The van der Waals surface area contributed by atoms with E-state index in [0.29, 0.717) is 54.0 Å². The van der Waals surface area contributed by atoms with Crippen molar-refractivity contribution in [3.05, 3.63) is 48.0 Å². The minimum atomic E-state index is -0.00117. The van der Waals surface area contributed by atoms with Gasteiger partial charge in [-0.25, -0.2) is 0 Å². The second kappa shape index (κ2) is 9.18. The van der Waals surface area contributed by atoms with Gasteiger partial charge in [0, 0.05) is 18.1 Å². The molecule has 1 amide bonds. The van der Waals surface area contributed by atoms with Gasteiger partial charge in [-0.1, -0.05) is 12.1 Å². The standard InChI is InChI=1S/C21H24N2O6/c1-5-20(24)23(13-16-7-6-8-28-16)12-15-11-17(29-22-15)14-9-18(25-2)21(27-4)19(10-14)26-3/h6-11H,5,12-13H2,1-4H3. The highest BCUT2D eigenvalue weighted by Gasteiger charge is 2.19. The maximum absolute atomic E-state index is 12.3. The second-order valence-corrected chi connectivity index (χ2v) is 6.28. The Hall–Kier alpha value is -3.42. The van der Waals surface area contributed by atoms with Gasteiger partial charge in [-0.05, 0) is 24.3 Å². The van der Waals surface area contributed by atoms with E-state index in [1.54, 1.807) is 56.8 Å². The molecule has 0 aliphatic rings. The third kappa shape index (κ3) is 4.53. The summed E-state index contributed by atoms with van der Waals surface area (Å²) in [5.41, 5.74) is 1.35. The minimum Gasteiger partial charge on any atom is -0.493 e. The van der Waals surface area contributed by atoms with Gasteiger partial charge in [0.05, 0.1) is 40.7 Å². The van der Waals surface area contributed by atoms with Crippen LogP contribution in [0.2, 0.25) is 0 Å². The van der Waals surface area contributed by atoms with Gasteiger partial charge in [0.2, 0.25) is 11.7 Å². The Morgan fingerprint density at radius 1 is 1.07 bits per heavy atom. The largest absolute Gasteiger partial charge is 0.493 e. The number of hydrogen-bond donors (Lipinski definition) is 0. The van der Waals surface area contributed by atoms with E-state index >= 15 is 0 Å². The maximum atomic E-state index is 12.3. The molecule has 3 aromatic rings. The number of methoxy groups -OCH3 is 3. The fourth-order valence-electron chi connectivity index (χ4n) is 2.99. The van der Waals surface area contributed by atoms with Gasteiger partial charge in [-0.2, -0.15) is 0 Å². The van der Waals surface area contributed by atoms with Crippen molar-refractivity contribution in [3.63, 3.8) is 0 Å². The van der Waals surface area contributed by atoms with Crippen LogP contribution in [0.3, 0.4) is 0 Å². The highest BCUT2D eigenvalue weighted by Crippen LogP contribution is 2.41. The number of carbonyl (C=O) groups is 1. The van der Waals surface area contributed by atoms with Crippen molar-refractivity contribution in [2.24, 2.45) is 0 Å². The van der Waals surface area contributed by atoms with Gasteiger partial charge in [0.25, 0.3) is 0 Å². The molecule has 2 aromatic heterocycles. The number of hydrogen-bond acceptors (Lipinski definition) is 7. The van der Waals surface area contributed by atoms with Crippen LogP contribution in [-0.4, -0.2) is 37.3 Å². The van der Waals surface area contributed by atoms with Crippen LogP contribution >= 0.6 is 0 Å². The van der Waals surface area contributed by atoms with Crippen LogP contribution < -0.4 is 14.2 Å². The first-order chi connectivity index (χ1) is 14.1. The molecule has 0 aliphatic carbocycles. The zero-order chi connectivity index (χ0) is 20.8. The van der Waals surface area contributed by atoms with E-state index in [1.807, 2.05) is 13.0 Å². The van der Waals surface area contributed by atoms with Gasteiger partial charge in [-0.3, -0.25) is 4.79 Å². The van der Waals surface area contributed by atoms with Crippen LogP contribution in [0.1, 0.15) is 24.8 Å². The van der Waals surface area contributed by atoms with Gasteiger partial charge >= 0.3 is 0 Å². The Bertz CT molecular complexity index is 923. The van der Waals surface area contributed by atoms with Crippen LogP contribution in [0.25, 0.3) is 11.3 Å². The number of amides is 1. The molecular formula is C21H24N2O6. The van der Waals surface area contributed by atoms with Crippen molar-refractivity contribution in [2.75, 3.05) is 21.3 Å². The fraction of sp³-hybridized carbons (Fsp3) is 0.333. The van der Waals surface area contributed by atoms with Gasteiger partial charge in [-0.15, -0.1) is 0 Å². The van der Waals surface area contributed by atoms with E-state index in [9.17, 15) is 4.79 Å². The SMILES string of the molecule is CCC(=O)N(Cc1cc(-c2cc(OC)c(OC)c(OC)c2)on1)Cc1ccco1. The van der Waals surface area contributed by atoms with Crippen LogP contribution in [0.4, 0.5) is 0 Å². The lowest BCUT2D eigenvalue weighted by Gasteiger charge is -2.19. The molecule has 29 heavy (non-hydrogen) atoms. The van der Waals surface area contributed by atoms with Crippen molar-refractivity contribution in [1.29, 1.82) is 0 Å². The second-order valence-electron chi connectivity index (χ2n) is 6.28. The average Bonchev–Trinajstić information content (AvgIpc) is 3.43. The fourth-order valence-corrected chi connectivity index (χ4v) is 2.99. The monoisotopic (exact) mass is 400 g/mol. The number of rotatable bonds is 9. The molecule has 1 aromatic carbocycles. The average molecular weight is 400 g/mol. The van der Waals surface area contributed by atoms with Gasteiger partial charge in [0.1, 0.15) is 11.5 Å². The van der Waals surface area contributed by atoms with E-state index in [-0.39, 0.29) is 5.91 Å². The molecule has 0 saturated heterocycles. The molecule has 0 atom stereocenters. The third-order valence-electron chi connectivity index (χ3n) is 4.44. The summed E-state index contributed by atoms with van der Waals surface area (Å²) >= 11 is 0. The predicted octanol–water partition coefficient (Wildman–Crippen LogP) is 3.90. The number of aromatic nitrogens is 1. The summed E-state index contributed by atoms with van der Waals surface area (Å²) in [4.78, 5) is 14.0. The molecule has 0 radical (unpaired) electrons. The molecule has 154 valence electrons. The minimum absolute atomic E-state index is 0.00117.